The molecule has 164 valence electrons. The van der Waals surface area contributed by atoms with Crippen molar-refractivity contribution in [2.75, 3.05) is 13.7 Å². The number of methoxy groups -OCH3 is 1. The summed E-state index contributed by atoms with van der Waals surface area (Å²) in [5.74, 6) is -0.887. The number of carbonyl (C=O) groups is 2. The molecule has 0 bridgehead atoms. The molecule has 0 N–H and O–H groups in total. The van der Waals surface area contributed by atoms with Crippen molar-refractivity contribution in [3.05, 3.63) is 52.3 Å². The SMILES string of the molecule is CCCN(C(C)C(=O)c1c(C)c(C(=O)OC)n(C)c1C)S(=O)(=O)c1ccc(C)cc1. The Labute approximate surface area is 178 Å². The number of aryl methyl sites for hydroxylation is 1. The minimum atomic E-state index is -3.87. The zero-order valence-corrected chi connectivity index (χ0v) is 19.5. The van der Waals surface area contributed by atoms with Crippen LogP contribution in [0, 0.1) is 20.8 Å². The minimum absolute atomic E-state index is 0.151. The van der Waals surface area contributed by atoms with Gasteiger partial charge in [-0.3, -0.25) is 4.79 Å². The molecule has 0 saturated heterocycles. The van der Waals surface area contributed by atoms with E-state index < -0.39 is 22.0 Å². The van der Waals surface area contributed by atoms with Crippen LogP contribution in [0.15, 0.2) is 29.2 Å². The summed E-state index contributed by atoms with van der Waals surface area (Å²) in [5, 5.41) is 0. The van der Waals surface area contributed by atoms with E-state index in [1.807, 2.05) is 13.8 Å². The third kappa shape index (κ3) is 4.20. The molecule has 8 heteroatoms. The molecule has 0 amide bonds. The van der Waals surface area contributed by atoms with Crippen molar-refractivity contribution < 1.29 is 22.7 Å². The summed E-state index contributed by atoms with van der Waals surface area (Å²) in [4.78, 5) is 25.8. The monoisotopic (exact) mass is 434 g/mol. The molecule has 0 fully saturated rings. The van der Waals surface area contributed by atoms with Crippen molar-refractivity contribution in [1.82, 2.24) is 8.87 Å². The first-order valence-electron chi connectivity index (χ1n) is 9.85. The summed E-state index contributed by atoms with van der Waals surface area (Å²) in [5.41, 5.74) is 2.67. The van der Waals surface area contributed by atoms with Crippen LogP contribution < -0.4 is 0 Å². The lowest BCUT2D eigenvalue weighted by atomic mass is 10.0. The first-order chi connectivity index (χ1) is 14.0. The van der Waals surface area contributed by atoms with Gasteiger partial charge in [-0.15, -0.1) is 0 Å². The van der Waals surface area contributed by atoms with Gasteiger partial charge in [-0.25, -0.2) is 13.2 Å². The molecule has 2 aromatic rings. The average Bonchev–Trinajstić information content (AvgIpc) is 2.93. The van der Waals surface area contributed by atoms with E-state index in [1.165, 1.54) is 11.4 Å². The molecule has 0 spiro atoms. The van der Waals surface area contributed by atoms with E-state index in [1.54, 1.807) is 56.7 Å². The van der Waals surface area contributed by atoms with Crippen molar-refractivity contribution in [1.29, 1.82) is 0 Å². The molecule has 1 aromatic heterocycles. The predicted octanol–water partition coefficient (Wildman–Crippen LogP) is 3.41. The minimum Gasteiger partial charge on any atom is -0.464 e. The van der Waals surface area contributed by atoms with Crippen molar-refractivity contribution >= 4 is 21.8 Å². The molecular weight excluding hydrogens is 404 g/mol. The zero-order chi connectivity index (χ0) is 22.8. The van der Waals surface area contributed by atoms with Crippen LogP contribution in [0.1, 0.15) is 57.9 Å². The molecule has 0 aliphatic heterocycles. The number of sulfonamides is 1. The summed E-state index contributed by atoms with van der Waals surface area (Å²) < 4.78 is 34.3. The molecule has 1 unspecified atom stereocenters. The van der Waals surface area contributed by atoms with Crippen molar-refractivity contribution in [2.24, 2.45) is 7.05 Å². The fourth-order valence-electron chi connectivity index (χ4n) is 3.65. The quantitative estimate of drug-likeness (QED) is 0.469. The van der Waals surface area contributed by atoms with Gasteiger partial charge in [0.25, 0.3) is 0 Å². The maximum absolute atomic E-state index is 13.4. The Kier molecular flexibility index (Phi) is 7.26. The van der Waals surface area contributed by atoms with Gasteiger partial charge in [-0.05, 0) is 51.8 Å². The Morgan fingerprint density at radius 2 is 1.70 bits per heavy atom. The fraction of sp³-hybridized carbons (Fsp3) is 0.455. The van der Waals surface area contributed by atoms with E-state index in [-0.39, 0.29) is 22.9 Å². The van der Waals surface area contributed by atoms with E-state index in [4.69, 9.17) is 4.74 Å². The van der Waals surface area contributed by atoms with E-state index >= 15 is 0 Å². The Morgan fingerprint density at radius 1 is 1.13 bits per heavy atom. The third-order valence-corrected chi connectivity index (χ3v) is 7.42. The smallest absolute Gasteiger partial charge is 0.354 e. The van der Waals surface area contributed by atoms with Gasteiger partial charge in [0.05, 0.1) is 18.0 Å². The number of ketones is 1. The van der Waals surface area contributed by atoms with Crippen LogP contribution in [-0.2, 0) is 21.8 Å². The number of hydrogen-bond acceptors (Lipinski definition) is 5. The average molecular weight is 435 g/mol. The number of hydrogen-bond donors (Lipinski definition) is 0. The molecular formula is C22H30N2O5S. The Bertz CT molecular complexity index is 1050. The lowest BCUT2D eigenvalue weighted by Crippen LogP contribution is -2.44. The summed E-state index contributed by atoms with van der Waals surface area (Å²) in [6, 6.07) is 5.65. The van der Waals surface area contributed by atoms with Gasteiger partial charge in [0.15, 0.2) is 5.78 Å². The molecule has 2 rings (SSSR count). The van der Waals surface area contributed by atoms with Crippen LogP contribution in [0.4, 0.5) is 0 Å². The number of aromatic nitrogens is 1. The molecule has 1 atom stereocenters. The topological polar surface area (TPSA) is 85.7 Å². The van der Waals surface area contributed by atoms with Gasteiger partial charge in [0, 0.05) is 24.8 Å². The van der Waals surface area contributed by atoms with Crippen LogP contribution in [-0.4, -0.2) is 48.7 Å². The zero-order valence-electron chi connectivity index (χ0n) is 18.6. The number of rotatable bonds is 8. The van der Waals surface area contributed by atoms with Gasteiger partial charge >= 0.3 is 5.97 Å². The second-order valence-corrected chi connectivity index (χ2v) is 9.34. The van der Waals surface area contributed by atoms with Gasteiger partial charge in [-0.1, -0.05) is 24.6 Å². The lowest BCUT2D eigenvalue weighted by Gasteiger charge is -2.27. The number of esters is 1. The molecule has 1 heterocycles. The normalized spacial score (nSPS) is 12.8. The molecule has 0 aliphatic carbocycles. The van der Waals surface area contributed by atoms with E-state index in [2.05, 4.69) is 0 Å². The maximum atomic E-state index is 13.4. The standard InChI is InChI=1S/C22H30N2O5S/c1-8-13-24(30(27,28)18-11-9-14(2)10-12-18)17(5)21(25)19-15(3)20(22(26)29-7)23(6)16(19)4/h9-12,17H,8,13H2,1-7H3. The summed E-state index contributed by atoms with van der Waals surface area (Å²) >= 11 is 0. The molecule has 0 saturated carbocycles. The highest BCUT2D eigenvalue weighted by Gasteiger charge is 2.35. The van der Waals surface area contributed by atoms with Crippen molar-refractivity contribution in [2.45, 2.75) is 52.0 Å². The highest BCUT2D eigenvalue weighted by Crippen LogP contribution is 2.27. The second-order valence-electron chi connectivity index (χ2n) is 7.45. The fourth-order valence-corrected chi connectivity index (χ4v) is 5.34. The Balaban J connectivity index is 2.53. The predicted molar refractivity (Wildman–Crippen MR) is 115 cm³/mol. The lowest BCUT2D eigenvalue weighted by molar-refractivity contribution is 0.0588. The van der Waals surface area contributed by atoms with Crippen molar-refractivity contribution in [3.8, 4) is 0 Å². The first kappa shape index (κ1) is 23.8. The Hall–Kier alpha value is -2.45. The third-order valence-electron chi connectivity index (χ3n) is 5.44. The summed E-state index contributed by atoms with van der Waals surface area (Å²) in [6.45, 7) is 8.96. The van der Waals surface area contributed by atoms with Crippen LogP contribution in [0.2, 0.25) is 0 Å². The molecule has 0 aliphatic rings. The largest absolute Gasteiger partial charge is 0.464 e. The Morgan fingerprint density at radius 3 is 2.20 bits per heavy atom. The van der Waals surface area contributed by atoms with Crippen LogP contribution in [0.5, 0.6) is 0 Å². The van der Waals surface area contributed by atoms with Gasteiger partial charge in [0.2, 0.25) is 10.0 Å². The number of carbonyl (C=O) groups excluding carboxylic acids is 2. The number of ether oxygens (including phenoxy) is 1. The summed E-state index contributed by atoms with van der Waals surface area (Å²) in [7, 11) is -0.902. The molecule has 0 radical (unpaired) electrons. The molecule has 30 heavy (non-hydrogen) atoms. The van der Waals surface area contributed by atoms with Crippen molar-refractivity contribution in [3.63, 3.8) is 0 Å². The first-order valence-corrected chi connectivity index (χ1v) is 11.3. The highest BCUT2D eigenvalue weighted by molar-refractivity contribution is 7.89. The van der Waals surface area contributed by atoms with E-state index in [0.29, 0.717) is 23.2 Å². The molecule has 7 nitrogen and oxygen atoms in total. The maximum Gasteiger partial charge on any atom is 0.354 e. The van der Waals surface area contributed by atoms with E-state index in [9.17, 15) is 18.0 Å². The number of Topliss-reactive ketones (excluding diaryl/α,β-unsaturated/α-hetero) is 1. The number of benzene rings is 1. The van der Waals surface area contributed by atoms with Gasteiger partial charge < -0.3 is 9.30 Å². The second kappa shape index (κ2) is 9.14. The van der Waals surface area contributed by atoms with E-state index in [0.717, 1.165) is 5.56 Å². The van der Waals surface area contributed by atoms with Crippen LogP contribution >= 0.6 is 0 Å². The van der Waals surface area contributed by atoms with Crippen LogP contribution in [0.3, 0.4) is 0 Å². The summed E-state index contributed by atoms with van der Waals surface area (Å²) in [6.07, 6.45) is 0.558. The molecule has 1 aromatic carbocycles. The van der Waals surface area contributed by atoms with Crippen LogP contribution in [0.25, 0.3) is 0 Å². The highest BCUT2D eigenvalue weighted by atomic mass is 32.2. The number of nitrogens with zero attached hydrogens (tertiary/aromatic N) is 2. The van der Waals surface area contributed by atoms with Gasteiger partial charge in [0.1, 0.15) is 5.69 Å². The van der Waals surface area contributed by atoms with Gasteiger partial charge in [-0.2, -0.15) is 4.31 Å².